The Morgan fingerprint density at radius 3 is 2.18 bits per heavy atom. The first kappa shape index (κ1) is 18.9. The quantitative estimate of drug-likeness (QED) is 0.703. The van der Waals surface area contributed by atoms with Crippen molar-refractivity contribution in [1.82, 2.24) is 13.9 Å². The maximum Gasteiger partial charge on any atom is 0.279 e. The number of rotatable bonds is 10. The lowest BCUT2D eigenvalue weighted by molar-refractivity contribution is 0.261. The number of nitrogens with zero attached hydrogens (tertiary/aromatic N) is 2. The highest BCUT2D eigenvalue weighted by Gasteiger charge is 2.17. The predicted octanol–water partition coefficient (Wildman–Crippen LogP) is 1.30. The topological polar surface area (TPSA) is 61.9 Å². The minimum absolute atomic E-state index is 0.275. The summed E-state index contributed by atoms with van der Waals surface area (Å²) in [6, 6.07) is 7.46. The van der Waals surface area contributed by atoms with E-state index in [0.29, 0.717) is 19.7 Å². The van der Waals surface area contributed by atoms with Crippen LogP contribution in [0.5, 0.6) is 5.75 Å². The Bertz CT molecular complexity index is 525. The van der Waals surface area contributed by atoms with Crippen molar-refractivity contribution < 1.29 is 13.2 Å². The SMILES string of the molecule is CCN(CC)S(=O)(=O)NCc1ccc(OCCN(C)C)cc1. The number of hydrogen-bond donors (Lipinski definition) is 1. The molecule has 0 bridgehead atoms. The molecule has 22 heavy (non-hydrogen) atoms. The molecule has 1 aromatic rings. The molecule has 0 aliphatic heterocycles. The molecular weight excluding hydrogens is 302 g/mol. The molecular formula is C15H27N3O3S. The zero-order chi connectivity index (χ0) is 16.6. The highest BCUT2D eigenvalue weighted by Crippen LogP contribution is 2.12. The molecule has 126 valence electrons. The smallest absolute Gasteiger partial charge is 0.279 e. The summed E-state index contributed by atoms with van der Waals surface area (Å²) in [5.41, 5.74) is 0.899. The van der Waals surface area contributed by atoms with Gasteiger partial charge in [0.2, 0.25) is 0 Å². The lowest BCUT2D eigenvalue weighted by Gasteiger charge is -2.18. The molecule has 0 amide bonds. The Hall–Kier alpha value is -1.15. The average molecular weight is 329 g/mol. The average Bonchev–Trinajstić information content (AvgIpc) is 2.47. The van der Waals surface area contributed by atoms with Gasteiger partial charge in [0, 0.05) is 26.2 Å². The van der Waals surface area contributed by atoms with E-state index in [-0.39, 0.29) is 6.54 Å². The Morgan fingerprint density at radius 1 is 1.09 bits per heavy atom. The van der Waals surface area contributed by atoms with Crippen LogP contribution in [0.25, 0.3) is 0 Å². The Kier molecular flexibility index (Phi) is 7.81. The van der Waals surface area contributed by atoms with E-state index in [2.05, 4.69) is 9.62 Å². The fourth-order valence-electron chi connectivity index (χ4n) is 1.88. The van der Waals surface area contributed by atoms with Gasteiger partial charge in [-0.2, -0.15) is 17.4 Å². The van der Waals surface area contributed by atoms with Gasteiger partial charge in [-0.3, -0.25) is 0 Å². The van der Waals surface area contributed by atoms with Gasteiger partial charge in [0.15, 0.2) is 0 Å². The molecule has 0 unspecified atom stereocenters. The number of hydrogen-bond acceptors (Lipinski definition) is 4. The van der Waals surface area contributed by atoms with Gasteiger partial charge in [-0.05, 0) is 31.8 Å². The number of benzene rings is 1. The van der Waals surface area contributed by atoms with E-state index in [1.807, 2.05) is 52.2 Å². The number of nitrogens with one attached hydrogen (secondary N) is 1. The van der Waals surface area contributed by atoms with E-state index in [0.717, 1.165) is 17.9 Å². The fraction of sp³-hybridized carbons (Fsp3) is 0.600. The van der Waals surface area contributed by atoms with Crippen molar-refractivity contribution in [3.63, 3.8) is 0 Å². The van der Waals surface area contributed by atoms with Crippen molar-refractivity contribution in [1.29, 1.82) is 0 Å². The van der Waals surface area contributed by atoms with Gasteiger partial charge in [0.1, 0.15) is 12.4 Å². The van der Waals surface area contributed by atoms with Gasteiger partial charge in [0.25, 0.3) is 10.2 Å². The van der Waals surface area contributed by atoms with E-state index in [1.165, 1.54) is 4.31 Å². The molecule has 1 aromatic carbocycles. The van der Waals surface area contributed by atoms with Crippen LogP contribution in [0, 0.1) is 0 Å². The van der Waals surface area contributed by atoms with Crippen LogP contribution in [0.4, 0.5) is 0 Å². The minimum Gasteiger partial charge on any atom is -0.492 e. The van der Waals surface area contributed by atoms with Crippen molar-refractivity contribution in [3.8, 4) is 5.75 Å². The van der Waals surface area contributed by atoms with Crippen LogP contribution in [0.1, 0.15) is 19.4 Å². The highest BCUT2D eigenvalue weighted by molar-refractivity contribution is 7.87. The van der Waals surface area contributed by atoms with E-state index >= 15 is 0 Å². The van der Waals surface area contributed by atoms with Crippen molar-refractivity contribution in [2.75, 3.05) is 40.3 Å². The zero-order valence-electron chi connectivity index (χ0n) is 13.9. The third kappa shape index (κ3) is 6.31. The maximum absolute atomic E-state index is 12.0. The van der Waals surface area contributed by atoms with Crippen LogP contribution in [-0.4, -0.2) is 58.0 Å². The third-order valence-electron chi connectivity index (χ3n) is 3.23. The largest absolute Gasteiger partial charge is 0.492 e. The molecule has 0 aromatic heterocycles. The monoisotopic (exact) mass is 329 g/mol. The lowest BCUT2D eigenvalue weighted by Crippen LogP contribution is -2.40. The third-order valence-corrected chi connectivity index (χ3v) is 4.94. The number of likely N-dealkylation sites (N-methyl/N-ethyl adjacent to an activating group) is 1. The van der Waals surface area contributed by atoms with Gasteiger partial charge >= 0.3 is 0 Å². The van der Waals surface area contributed by atoms with Gasteiger partial charge in [-0.25, -0.2) is 0 Å². The molecule has 6 nitrogen and oxygen atoms in total. The van der Waals surface area contributed by atoms with Crippen molar-refractivity contribution >= 4 is 10.2 Å². The molecule has 0 radical (unpaired) electrons. The molecule has 1 N–H and O–H groups in total. The summed E-state index contributed by atoms with van der Waals surface area (Å²) in [6.45, 7) is 6.32. The predicted molar refractivity (Wildman–Crippen MR) is 89.2 cm³/mol. The van der Waals surface area contributed by atoms with E-state index in [1.54, 1.807) is 0 Å². The summed E-state index contributed by atoms with van der Waals surface area (Å²) in [6.07, 6.45) is 0. The standard InChI is InChI=1S/C15H27N3O3S/c1-5-18(6-2)22(19,20)16-13-14-7-9-15(10-8-14)21-12-11-17(3)4/h7-10,16H,5-6,11-13H2,1-4H3. The zero-order valence-corrected chi connectivity index (χ0v) is 14.7. The van der Waals surface area contributed by atoms with Gasteiger partial charge < -0.3 is 9.64 Å². The molecule has 0 spiro atoms. The second-order valence-electron chi connectivity index (χ2n) is 5.21. The molecule has 0 aliphatic carbocycles. The molecule has 0 heterocycles. The Morgan fingerprint density at radius 2 is 1.68 bits per heavy atom. The second-order valence-corrected chi connectivity index (χ2v) is 6.96. The first-order valence-corrected chi connectivity index (χ1v) is 8.94. The maximum atomic E-state index is 12.0. The Labute approximate surface area is 134 Å². The highest BCUT2D eigenvalue weighted by atomic mass is 32.2. The molecule has 1 rings (SSSR count). The first-order chi connectivity index (χ1) is 10.4. The summed E-state index contributed by atoms with van der Waals surface area (Å²) < 4.78 is 33.6. The molecule has 0 aliphatic rings. The van der Waals surface area contributed by atoms with Crippen LogP contribution in [-0.2, 0) is 16.8 Å². The first-order valence-electron chi connectivity index (χ1n) is 7.50. The van der Waals surface area contributed by atoms with Crippen LogP contribution < -0.4 is 9.46 Å². The van der Waals surface area contributed by atoms with Gasteiger partial charge in [-0.15, -0.1) is 0 Å². The lowest BCUT2D eigenvalue weighted by atomic mass is 10.2. The molecule has 0 atom stereocenters. The molecule has 0 saturated carbocycles. The molecule has 0 fully saturated rings. The van der Waals surface area contributed by atoms with Gasteiger partial charge in [0.05, 0.1) is 0 Å². The summed E-state index contributed by atoms with van der Waals surface area (Å²) >= 11 is 0. The Balaban J connectivity index is 2.51. The fourth-order valence-corrected chi connectivity index (χ4v) is 3.09. The minimum atomic E-state index is -3.41. The number of ether oxygens (including phenoxy) is 1. The van der Waals surface area contributed by atoms with Crippen LogP contribution >= 0.6 is 0 Å². The normalized spacial score (nSPS) is 12.1. The van der Waals surface area contributed by atoms with E-state index < -0.39 is 10.2 Å². The van der Waals surface area contributed by atoms with Crippen LogP contribution in [0.15, 0.2) is 24.3 Å². The summed E-state index contributed by atoms with van der Waals surface area (Å²) in [7, 11) is 0.581. The van der Waals surface area contributed by atoms with Crippen molar-refractivity contribution in [2.45, 2.75) is 20.4 Å². The second kappa shape index (κ2) is 9.09. The van der Waals surface area contributed by atoms with Crippen LogP contribution in [0.2, 0.25) is 0 Å². The van der Waals surface area contributed by atoms with Crippen LogP contribution in [0.3, 0.4) is 0 Å². The van der Waals surface area contributed by atoms with Gasteiger partial charge in [-0.1, -0.05) is 26.0 Å². The van der Waals surface area contributed by atoms with Crippen molar-refractivity contribution in [2.24, 2.45) is 0 Å². The summed E-state index contributed by atoms with van der Waals surface area (Å²) in [5, 5.41) is 0. The summed E-state index contributed by atoms with van der Waals surface area (Å²) in [4.78, 5) is 2.05. The van der Waals surface area contributed by atoms with E-state index in [4.69, 9.17) is 4.74 Å². The van der Waals surface area contributed by atoms with Crippen molar-refractivity contribution in [3.05, 3.63) is 29.8 Å². The molecule has 0 saturated heterocycles. The summed E-state index contributed by atoms with van der Waals surface area (Å²) in [5.74, 6) is 0.789. The molecule has 7 heteroatoms. The van der Waals surface area contributed by atoms with E-state index in [9.17, 15) is 8.42 Å².